The maximum absolute atomic E-state index is 5.62. The molecule has 0 aliphatic heterocycles. The molecule has 3 rings (SSSR count). The zero-order valence-electron chi connectivity index (χ0n) is 11.8. The van der Waals surface area contributed by atoms with Crippen LogP contribution in [0.3, 0.4) is 0 Å². The minimum Gasteiger partial charge on any atom is -0.497 e. The topological polar surface area (TPSA) is 78.8 Å². The standard InChI is InChI=1S/C15H15N5O/c1-10-18-15(11-3-8-14(16)17-9-11)20(19-10)12-4-6-13(21-2)7-5-12/h3-9H,1-2H3,(H2,16,17). The van der Waals surface area contributed by atoms with Gasteiger partial charge in [0, 0.05) is 11.8 Å². The first-order valence-corrected chi connectivity index (χ1v) is 6.47. The quantitative estimate of drug-likeness (QED) is 0.796. The number of pyridine rings is 1. The highest BCUT2D eigenvalue weighted by Gasteiger charge is 2.12. The van der Waals surface area contributed by atoms with Gasteiger partial charge in [0.15, 0.2) is 5.82 Å². The number of nitrogens with two attached hydrogens (primary N) is 1. The molecule has 0 spiro atoms. The van der Waals surface area contributed by atoms with Crippen LogP contribution in [0.2, 0.25) is 0 Å². The first-order valence-electron chi connectivity index (χ1n) is 6.47. The van der Waals surface area contributed by atoms with E-state index in [0.717, 1.165) is 22.8 Å². The second-order valence-electron chi connectivity index (χ2n) is 4.56. The average Bonchev–Trinajstić information content (AvgIpc) is 2.90. The van der Waals surface area contributed by atoms with E-state index in [-0.39, 0.29) is 0 Å². The number of rotatable bonds is 3. The molecule has 2 N–H and O–H groups in total. The minimum atomic E-state index is 0.478. The van der Waals surface area contributed by atoms with Gasteiger partial charge in [-0.1, -0.05) is 0 Å². The summed E-state index contributed by atoms with van der Waals surface area (Å²) >= 11 is 0. The molecule has 0 unspecified atom stereocenters. The molecule has 0 atom stereocenters. The molecular weight excluding hydrogens is 266 g/mol. The Labute approximate surface area is 122 Å². The molecule has 2 heterocycles. The van der Waals surface area contributed by atoms with E-state index >= 15 is 0 Å². The number of aromatic nitrogens is 4. The van der Waals surface area contributed by atoms with E-state index in [1.165, 1.54) is 0 Å². The summed E-state index contributed by atoms with van der Waals surface area (Å²) in [7, 11) is 1.64. The average molecular weight is 281 g/mol. The SMILES string of the molecule is COc1ccc(-n2nc(C)nc2-c2ccc(N)nc2)cc1. The second kappa shape index (κ2) is 5.24. The molecule has 0 radical (unpaired) electrons. The van der Waals surface area contributed by atoms with Crippen LogP contribution in [0.5, 0.6) is 5.75 Å². The third-order valence-electron chi connectivity index (χ3n) is 3.07. The van der Waals surface area contributed by atoms with Crippen LogP contribution < -0.4 is 10.5 Å². The van der Waals surface area contributed by atoms with Gasteiger partial charge in [0.2, 0.25) is 0 Å². The molecule has 106 valence electrons. The highest BCUT2D eigenvalue weighted by atomic mass is 16.5. The highest BCUT2D eigenvalue weighted by Crippen LogP contribution is 2.22. The number of ether oxygens (including phenoxy) is 1. The summed E-state index contributed by atoms with van der Waals surface area (Å²) in [6, 6.07) is 11.3. The molecule has 0 saturated carbocycles. The van der Waals surface area contributed by atoms with Gasteiger partial charge in [-0.05, 0) is 43.3 Å². The van der Waals surface area contributed by atoms with E-state index < -0.39 is 0 Å². The Hall–Kier alpha value is -2.89. The Balaban J connectivity index is 2.08. The zero-order valence-corrected chi connectivity index (χ0v) is 11.8. The van der Waals surface area contributed by atoms with Crippen LogP contribution in [0.1, 0.15) is 5.82 Å². The van der Waals surface area contributed by atoms with Gasteiger partial charge in [0.1, 0.15) is 17.4 Å². The first-order chi connectivity index (χ1) is 10.2. The molecule has 0 aliphatic rings. The highest BCUT2D eigenvalue weighted by molar-refractivity contribution is 5.58. The number of hydrogen-bond acceptors (Lipinski definition) is 5. The van der Waals surface area contributed by atoms with E-state index in [1.807, 2.05) is 37.3 Å². The Bertz CT molecular complexity index is 747. The summed E-state index contributed by atoms with van der Waals surface area (Å²) in [6.45, 7) is 1.86. The van der Waals surface area contributed by atoms with Crippen molar-refractivity contribution in [2.75, 3.05) is 12.8 Å². The largest absolute Gasteiger partial charge is 0.497 e. The predicted molar refractivity (Wildman–Crippen MR) is 80.3 cm³/mol. The van der Waals surface area contributed by atoms with Gasteiger partial charge in [-0.2, -0.15) is 5.10 Å². The van der Waals surface area contributed by atoms with Crippen molar-refractivity contribution in [1.82, 2.24) is 19.7 Å². The number of nitrogens with zero attached hydrogens (tertiary/aromatic N) is 4. The summed E-state index contributed by atoms with van der Waals surface area (Å²) < 4.78 is 6.95. The van der Waals surface area contributed by atoms with E-state index in [0.29, 0.717) is 11.6 Å². The van der Waals surface area contributed by atoms with Crippen molar-refractivity contribution >= 4 is 5.82 Å². The summed E-state index contributed by atoms with van der Waals surface area (Å²) in [5.74, 6) is 2.69. The van der Waals surface area contributed by atoms with Gasteiger partial charge in [-0.15, -0.1) is 0 Å². The van der Waals surface area contributed by atoms with Crippen molar-refractivity contribution in [3.05, 3.63) is 48.4 Å². The van der Waals surface area contributed by atoms with Gasteiger partial charge >= 0.3 is 0 Å². The second-order valence-corrected chi connectivity index (χ2v) is 4.56. The molecule has 6 nitrogen and oxygen atoms in total. The van der Waals surface area contributed by atoms with Crippen LogP contribution in [0.25, 0.3) is 17.1 Å². The molecule has 6 heteroatoms. The Morgan fingerprint density at radius 1 is 1.10 bits per heavy atom. The van der Waals surface area contributed by atoms with Crippen LogP contribution >= 0.6 is 0 Å². The summed E-state index contributed by atoms with van der Waals surface area (Å²) in [5.41, 5.74) is 7.39. The van der Waals surface area contributed by atoms with Crippen LogP contribution in [0, 0.1) is 6.92 Å². The van der Waals surface area contributed by atoms with E-state index in [4.69, 9.17) is 10.5 Å². The number of aryl methyl sites for hydroxylation is 1. The molecular formula is C15H15N5O. The first kappa shape index (κ1) is 13.1. The van der Waals surface area contributed by atoms with Gasteiger partial charge in [-0.25, -0.2) is 14.6 Å². The molecule has 3 aromatic rings. The maximum atomic E-state index is 5.62. The molecule has 0 saturated heterocycles. The molecule has 21 heavy (non-hydrogen) atoms. The Morgan fingerprint density at radius 2 is 1.86 bits per heavy atom. The number of anilines is 1. The number of methoxy groups -OCH3 is 1. The van der Waals surface area contributed by atoms with Crippen molar-refractivity contribution in [2.45, 2.75) is 6.92 Å². The van der Waals surface area contributed by atoms with E-state index in [2.05, 4.69) is 15.1 Å². The fraction of sp³-hybridized carbons (Fsp3) is 0.133. The van der Waals surface area contributed by atoms with Crippen molar-refractivity contribution in [1.29, 1.82) is 0 Å². The van der Waals surface area contributed by atoms with E-state index in [1.54, 1.807) is 24.1 Å². The lowest BCUT2D eigenvalue weighted by Crippen LogP contribution is -2.00. The Kier molecular flexibility index (Phi) is 3.27. The summed E-state index contributed by atoms with van der Waals surface area (Å²) in [5, 5.41) is 4.44. The van der Waals surface area contributed by atoms with Crippen LogP contribution in [0.4, 0.5) is 5.82 Å². The fourth-order valence-electron chi connectivity index (χ4n) is 2.04. The Morgan fingerprint density at radius 3 is 2.48 bits per heavy atom. The maximum Gasteiger partial charge on any atom is 0.165 e. The molecule has 0 fully saturated rings. The normalized spacial score (nSPS) is 10.6. The summed E-state index contributed by atoms with van der Waals surface area (Å²) in [4.78, 5) is 8.57. The lowest BCUT2D eigenvalue weighted by Gasteiger charge is -2.07. The van der Waals surface area contributed by atoms with Crippen molar-refractivity contribution in [2.24, 2.45) is 0 Å². The lowest BCUT2D eigenvalue weighted by molar-refractivity contribution is 0.414. The van der Waals surface area contributed by atoms with Crippen molar-refractivity contribution < 1.29 is 4.74 Å². The monoisotopic (exact) mass is 281 g/mol. The number of hydrogen-bond donors (Lipinski definition) is 1. The third-order valence-corrected chi connectivity index (χ3v) is 3.07. The zero-order chi connectivity index (χ0) is 14.8. The smallest absolute Gasteiger partial charge is 0.165 e. The van der Waals surface area contributed by atoms with E-state index in [9.17, 15) is 0 Å². The van der Waals surface area contributed by atoms with Gasteiger partial charge < -0.3 is 10.5 Å². The van der Waals surface area contributed by atoms with Gasteiger partial charge in [0.05, 0.1) is 12.8 Å². The third kappa shape index (κ3) is 2.55. The van der Waals surface area contributed by atoms with Gasteiger partial charge in [-0.3, -0.25) is 0 Å². The molecule has 0 amide bonds. The van der Waals surface area contributed by atoms with Crippen LogP contribution in [-0.4, -0.2) is 26.9 Å². The lowest BCUT2D eigenvalue weighted by atomic mass is 10.2. The van der Waals surface area contributed by atoms with Crippen LogP contribution in [-0.2, 0) is 0 Å². The fourth-order valence-corrected chi connectivity index (χ4v) is 2.04. The van der Waals surface area contributed by atoms with Crippen LogP contribution in [0.15, 0.2) is 42.6 Å². The minimum absolute atomic E-state index is 0.478. The molecule has 0 aliphatic carbocycles. The van der Waals surface area contributed by atoms with Crippen molar-refractivity contribution in [3.8, 4) is 22.8 Å². The molecule has 2 aromatic heterocycles. The summed E-state index contributed by atoms with van der Waals surface area (Å²) in [6.07, 6.45) is 1.69. The molecule has 1 aromatic carbocycles. The number of benzene rings is 1. The number of nitrogen functional groups attached to an aromatic ring is 1. The predicted octanol–water partition coefficient (Wildman–Crippen LogP) is 2.23. The van der Waals surface area contributed by atoms with Crippen molar-refractivity contribution in [3.63, 3.8) is 0 Å². The molecule has 0 bridgehead atoms. The van der Waals surface area contributed by atoms with Gasteiger partial charge in [0.25, 0.3) is 0 Å².